The first-order valence-corrected chi connectivity index (χ1v) is 9.06. The minimum absolute atomic E-state index is 0.00202. The first-order chi connectivity index (χ1) is 14.1. The monoisotopic (exact) mass is 392 g/mol. The van der Waals surface area contributed by atoms with E-state index in [1.54, 1.807) is 36.1 Å². The molecule has 148 valence electrons. The number of amides is 2. The zero-order chi connectivity index (χ0) is 20.4. The second-order valence-electron chi connectivity index (χ2n) is 6.55. The highest BCUT2D eigenvalue weighted by Gasteiger charge is 2.32. The maximum atomic E-state index is 13.0. The number of nitrogens with zero attached hydrogens (tertiary/aromatic N) is 2. The lowest BCUT2D eigenvalue weighted by Gasteiger charge is -2.23. The Morgan fingerprint density at radius 2 is 1.86 bits per heavy atom. The molecule has 2 heterocycles. The SMILES string of the molecule is COc1ccc(NC(=O)[C@H]2CC(=O)Nc3cc(-c4ccccc4)nn32)cc1OC. The Hall–Kier alpha value is -3.81. The summed E-state index contributed by atoms with van der Waals surface area (Å²) in [6.45, 7) is 0. The van der Waals surface area contributed by atoms with Gasteiger partial charge in [0.25, 0.3) is 0 Å². The molecule has 1 aromatic heterocycles. The van der Waals surface area contributed by atoms with Crippen molar-refractivity contribution in [3.8, 4) is 22.8 Å². The van der Waals surface area contributed by atoms with Crippen LogP contribution in [0.5, 0.6) is 11.5 Å². The molecule has 8 heteroatoms. The summed E-state index contributed by atoms with van der Waals surface area (Å²) in [5.41, 5.74) is 2.13. The second-order valence-corrected chi connectivity index (χ2v) is 6.55. The smallest absolute Gasteiger partial charge is 0.249 e. The molecular formula is C21H20N4O4. The van der Waals surface area contributed by atoms with Crippen molar-refractivity contribution in [3.63, 3.8) is 0 Å². The van der Waals surface area contributed by atoms with Gasteiger partial charge in [-0.15, -0.1) is 0 Å². The van der Waals surface area contributed by atoms with Gasteiger partial charge in [-0.05, 0) is 12.1 Å². The molecule has 8 nitrogen and oxygen atoms in total. The summed E-state index contributed by atoms with van der Waals surface area (Å²) >= 11 is 0. The van der Waals surface area contributed by atoms with Crippen LogP contribution in [-0.4, -0.2) is 35.8 Å². The molecule has 4 rings (SSSR count). The maximum Gasteiger partial charge on any atom is 0.249 e. The van der Waals surface area contributed by atoms with Crippen LogP contribution in [0.1, 0.15) is 12.5 Å². The summed E-state index contributed by atoms with van der Waals surface area (Å²) in [5, 5.41) is 10.2. The van der Waals surface area contributed by atoms with Crippen molar-refractivity contribution >= 4 is 23.3 Å². The van der Waals surface area contributed by atoms with Crippen LogP contribution in [0.15, 0.2) is 54.6 Å². The number of benzene rings is 2. The van der Waals surface area contributed by atoms with E-state index in [0.717, 1.165) is 5.56 Å². The molecule has 0 aliphatic carbocycles. The van der Waals surface area contributed by atoms with Crippen molar-refractivity contribution in [1.29, 1.82) is 0 Å². The third-order valence-corrected chi connectivity index (χ3v) is 4.70. The third-order valence-electron chi connectivity index (χ3n) is 4.70. The van der Waals surface area contributed by atoms with Gasteiger partial charge in [0.2, 0.25) is 11.8 Å². The van der Waals surface area contributed by atoms with Gasteiger partial charge in [-0.1, -0.05) is 30.3 Å². The number of hydrogen-bond acceptors (Lipinski definition) is 5. The number of rotatable bonds is 5. The van der Waals surface area contributed by atoms with Crippen LogP contribution in [0.3, 0.4) is 0 Å². The molecule has 0 bridgehead atoms. The molecule has 0 fully saturated rings. The van der Waals surface area contributed by atoms with Crippen LogP contribution in [0.2, 0.25) is 0 Å². The Labute approximate surface area is 167 Å². The number of fused-ring (bicyclic) bond motifs is 1. The van der Waals surface area contributed by atoms with Crippen LogP contribution in [0.4, 0.5) is 11.5 Å². The van der Waals surface area contributed by atoms with E-state index in [1.807, 2.05) is 30.3 Å². The van der Waals surface area contributed by atoms with Crippen molar-refractivity contribution in [2.24, 2.45) is 0 Å². The quantitative estimate of drug-likeness (QED) is 0.696. The minimum Gasteiger partial charge on any atom is -0.493 e. The summed E-state index contributed by atoms with van der Waals surface area (Å²) in [5.74, 6) is 0.982. The Morgan fingerprint density at radius 3 is 2.59 bits per heavy atom. The third kappa shape index (κ3) is 3.64. The molecule has 29 heavy (non-hydrogen) atoms. The van der Waals surface area contributed by atoms with Gasteiger partial charge in [0.1, 0.15) is 11.9 Å². The van der Waals surface area contributed by atoms with Gasteiger partial charge in [0, 0.05) is 23.4 Å². The summed E-state index contributed by atoms with van der Waals surface area (Å²) in [6.07, 6.45) is 0.00202. The highest BCUT2D eigenvalue weighted by atomic mass is 16.5. The molecule has 1 atom stereocenters. The van der Waals surface area contributed by atoms with Crippen LogP contribution in [-0.2, 0) is 9.59 Å². The summed E-state index contributed by atoms with van der Waals surface area (Å²) in [6, 6.07) is 15.7. The van der Waals surface area contributed by atoms with E-state index in [1.165, 1.54) is 7.11 Å². The summed E-state index contributed by atoms with van der Waals surface area (Å²) in [7, 11) is 3.07. The van der Waals surface area contributed by atoms with Gasteiger partial charge in [-0.25, -0.2) is 4.68 Å². The maximum absolute atomic E-state index is 13.0. The molecule has 0 saturated heterocycles. The average Bonchev–Trinajstić information content (AvgIpc) is 3.17. The Morgan fingerprint density at radius 1 is 1.10 bits per heavy atom. The molecular weight excluding hydrogens is 372 g/mol. The van der Waals surface area contributed by atoms with Gasteiger partial charge in [0.05, 0.1) is 26.3 Å². The standard InChI is InChI=1S/C21H20N4O4/c1-28-17-9-8-14(10-18(17)29-2)22-21(27)16-12-20(26)23-19-11-15(24-25(16)19)13-6-4-3-5-7-13/h3-11,16H,12H2,1-2H3,(H,22,27)(H,23,26)/t16-/m1/s1. The van der Waals surface area contributed by atoms with Crippen molar-refractivity contribution < 1.29 is 19.1 Å². The number of aromatic nitrogens is 2. The number of carbonyl (C=O) groups excluding carboxylic acids is 2. The number of anilines is 2. The van der Waals surface area contributed by atoms with Gasteiger partial charge < -0.3 is 20.1 Å². The van der Waals surface area contributed by atoms with Crippen LogP contribution < -0.4 is 20.1 Å². The summed E-state index contributed by atoms with van der Waals surface area (Å²) in [4.78, 5) is 25.1. The topological polar surface area (TPSA) is 94.5 Å². The molecule has 0 radical (unpaired) electrons. The summed E-state index contributed by atoms with van der Waals surface area (Å²) < 4.78 is 12.0. The number of nitrogens with one attached hydrogen (secondary N) is 2. The highest BCUT2D eigenvalue weighted by Crippen LogP contribution is 2.32. The number of ether oxygens (including phenoxy) is 2. The van der Waals surface area contributed by atoms with E-state index in [9.17, 15) is 9.59 Å². The lowest BCUT2D eigenvalue weighted by atomic mass is 10.1. The van der Waals surface area contributed by atoms with Gasteiger partial charge >= 0.3 is 0 Å². The van der Waals surface area contributed by atoms with Crippen molar-refractivity contribution in [2.75, 3.05) is 24.9 Å². The molecule has 3 aromatic rings. The lowest BCUT2D eigenvalue weighted by Crippen LogP contribution is -2.35. The fourth-order valence-electron chi connectivity index (χ4n) is 3.27. The predicted molar refractivity (Wildman–Crippen MR) is 108 cm³/mol. The zero-order valence-electron chi connectivity index (χ0n) is 16.0. The average molecular weight is 392 g/mol. The highest BCUT2D eigenvalue weighted by molar-refractivity contribution is 6.01. The first kappa shape index (κ1) is 18.5. The van der Waals surface area contributed by atoms with E-state index in [4.69, 9.17) is 9.47 Å². The van der Waals surface area contributed by atoms with Crippen LogP contribution in [0.25, 0.3) is 11.3 Å². The number of methoxy groups -OCH3 is 2. The van der Waals surface area contributed by atoms with Crippen molar-refractivity contribution in [3.05, 3.63) is 54.6 Å². The fraction of sp³-hybridized carbons (Fsp3) is 0.190. The fourth-order valence-corrected chi connectivity index (χ4v) is 3.27. The van der Waals surface area contributed by atoms with Crippen molar-refractivity contribution in [2.45, 2.75) is 12.5 Å². The zero-order valence-corrected chi connectivity index (χ0v) is 16.0. The van der Waals surface area contributed by atoms with Gasteiger partial charge in [-0.3, -0.25) is 9.59 Å². The van der Waals surface area contributed by atoms with Crippen molar-refractivity contribution in [1.82, 2.24) is 9.78 Å². The Kier molecular flexibility index (Phi) is 4.90. The van der Waals surface area contributed by atoms with Gasteiger partial charge in [0.15, 0.2) is 11.5 Å². The largest absolute Gasteiger partial charge is 0.493 e. The van der Waals surface area contributed by atoms with E-state index in [2.05, 4.69) is 15.7 Å². The Bertz CT molecular complexity index is 1060. The minimum atomic E-state index is -0.760. The first-order valence-electron chi connectivity index (χ1n) is 9.06. The second kappa shape index (κ2) is 7.67. The van der Waals surface area contributed by atoms with E-state index < -0.39 is 6.04 Å². The van der Waals surface area contributed by atoms with E-state index >= 15 is 0 Å². The molecule has 0 unspecified atom stereocenters. The molecule has 0 spiro atoms. The molecule has 1 aliphatic heterocycles. The Balaban J connectivity index is 1.62. The molecule has 1 aliphatic rings. The molecule has 2 N–H and O–H groups in total. The number of hydrogen-bond donors (Lipinski definition) is 2. The molecule has 2 aromatic carbocycles. The van der Waals surface area contributed by atoms with E-state index in [-0.39, 0.29) is 18.2 Å². The van der Waals surface area contributed by atoms with Gasteiger partial charge in [-0.2, -0.15) is 5.10 Å². The normalized spacial score (nSPS) is 15.2. The van der Waals surface area contributed by atoms with E-state index in [0.29, 0.717) is 28.7 Å². The molecule has 2 amide bonds. The number of carbonyl (C=O) groups is 2. The predicted octanol–water partition coefficient (Wildman–Crippen LogP) is 3.09. The van der Waals surface area contributed by atoms with Crippen LogP contribution in [0, 0.1) is 0 Å². The molecule has 0 saturated carbocycles. The van der Waals surface area contributed by atoms with Crippen LogP contribution >= 0.6 is 0 Å². The lowest BCUT2D eigenvalue weighted by molar-refractivity contribution is -0.125.